The Bertz CT molecular complexity index is 989. The van der Waals surface area contributed by atoms with Crippen LogP contribution in [0, 0.1) is 5.92 Å². The van der Waals surface area contributed by atoms with E-state index in [0.29, 0.717) is 42.1 Å². The maximum Gasteiger partial charge on any atom is 0.413 e. The van der Waals surface area contributed by atoms with Gasteiger partial charge in [-0.3, -0.25) is 9.69 Å². The zero-order valence-corrected chi connectivity index (χ0v) is 18.7. The van der Waals surface area contributed by atoms with Gasteiger partial charge in [0.2, 0.25) is 0 Å². The summed E-state index contributed by atoms with van der Waals surface area (Å²) in [4.78, 5) is 29.2. The Kier molecular flexibility index (Phi) is 7.45. The molecule has 172 valence electrons. The molecule has 1 saturated carbocycles. The van der Waals surface area contributed by atoms with Crippen LogP contribution in [-0.4, -0.2) is 55.2 Å². The largest absolute Gasteiger partial charge is 0.488 e. The Balaban J connectivity index is 1.78. The van der Waals surface area contributed by atoms with Crippen LogP contribution in [0.25, 0.3) is 11.4 Å². The molecule has 10 heteroatoms. The van der Waals surface area contributed by atoms with Gasteiger partial charge in [0.1, 0.15) is 23.7 Å². The fourth-order valence-corrected chi connectivity index (χ4v) is 3.68. The molecule has 10 nitrogen and oxygen atoms in total. The molecule has 32 heavy (non-hydrogen) atoms. The summed E-state index contributed by atoms with van der Waals surface area (Å²) < 4.78 is 13.0. The second kappa shape index (κ2) is 10.3. The highest BCUT2D eigenvalue weighted by atomic mass is 16.6. The minimum absolute atomic E-state index is 0.0180. The van der Waals surface area contributed by atoms with Crippen molar-refractivity contribution in [2.75, 3.05) is 7.05 Å². The summed E-state index contributed by atoms with van der Waals surface area (Å²) in [6, 6.07) is 3.62. The molecular formula is C22H29N5O5. The number of aromatic nitrogens is 4. The van der Waals surface area contributed by atoms with Crippen LogP contribution in [0.4, 0.5) is 4.79 Å². The summed E-state index contributed by atoms with van der Waals surface area (Å²) in [5, 5.41) is 17.6. The molecular weight excluding hydrogens is 414 g/mol. The second-order valence-corrected chi connectivity index (χ2v) is 7.79. The van der Waals surface area contributed by atoms with Crippen molar-refractivity contribution in [3.8, 4) is 17.1 Å². The number of carbonyl (C=O) groups is 2. The normalized spacial score (nSPS) is 18.1. The number of carbonyl (C=O) groups excluding carboxylic acids is 1. The quantitative estimate of drug-likeness (QED) is 0.661. The van der Waals surface area contributed by atoms with Crippen LogP contribution in [0.3, 0.4) is 0 Å². The number of nitrogens with zero attached hydrogens (tertiary/aromatic N) is 5. The monoisotopic (exact) mass is 443 g/mol. The molecule has 0 spiro atoms. The van der Waals surface area contributed by atoms with Gasteiger partial charge in [0.15, 0.2) is 0 Å². The Labute approximate surface area is 186 Å². The van der Waals surface area contributed by atoms with Gasteiger partial charge in [0.25, 0.3) is 0 Å². The van der Waals surface area contributed by atoms with Crippen molar-refractivity contribution >= 4 is 12.1 Å². The van der Waals surface area contributed by atoms with Gasteiger partial charge < -0.3 is 14.6 Å². The average molecular weight is 444 g/mol. The van der Waals surface area contributed by atoms with Crippen molar-refractivity contribution in [3.05, 3.63) is 36.3 Å². The van der Waals surface area contributed by atoms with Crippen molar-refractivity contribution in [3.63, 3.8) is 0 Å². The molecule has 1 fully saturated rings. The Morgan fingerprint density at radius 3 is 2.84 bits per heavy atom. The second-order valence-electron chi connectivity index (χ2n) is 7.79. The topological polar surface area (TPSA) is 120 Å². The van der Waals surface area contributed by atoms with Gasteiger partial charge in [0.05, 0.1) is 23.4 Å². The maximum absolute atomic E-state index is 11.9. The number of rotatable bonds is 8. The lowest BCUT2D eigenvalue weighted by atomic mass is 9.87. The SMILES string of the molecule is C=CN(C)C(=O)OCc1c(-c2ccc(O[C@H]3CCC[C@H](C(=O)O)C3)c(CC)n2)nnn1C. The molecule has 2 aromatic heterocycles. The van der Waals surface area contributed by atoms with E-state index >= 15 is 0 Å². The molecule has 1 aliphatic rings. The van der Waals surface area contributed by atoms with E-state index in [2.05, 4.69) is 16.9 Å². The summed E-state index contributed by atoms with van der Waals surface area (Å²) in [5.74, 6) is -0.481. The average Bonchev–Trinajstić information content (AvgIpc) is 3.17. The van der Waals surface area contributed by atoms with Crippen LogP contribution in [0.1, 0.15) is 44.0 Å². The molecule has 2 heterocycles. The van der Waals surface area contributed by atoms with Crippen molar-refractivity contribution in [1.29, 1.82) is 0 Å². The summed E-state index contributed by atoms with van der Waals surface area (Å²) in [6.07, 6.45) is 4.16. The lowest BCUT2D eigenvalue weighted by Gasteiger charge is -2.28. The lowest BCUT2D eigenvalue weighted by Crippen LogP contribution is -2.29. The molecule has 0 unspecified atom stereocenters. The van der Waals surface area contributed by atoms with Crippen LogP contribution >= 0.6 is 0 Å². The van der Waals surface area contributed by atoms with E-state index in [4.69, 9.17) is 14.5 Å². The highest BCUT2D eigenvalue weighted by molar-refractivity contribution is 5.70. The Morgan fingerprint density at radius 1 is 1.38 bits per heavy atom. The van der Waals surface area contributed by atoms with E-state index in [9.17, 15) is 14.7 Å². The minimum atomic E-state index is -0.766. The van der Waals surface area contributed by atoms with Crippen molar-refractivity contribution in [2.45, 2.75) is 51.7 Å². The van der Waals surface area contributed by atoms with Crippen LogP contribution in [0.2, 0.25) is 0 Å². The zero-order valence-electron chi connectivity index (χ0n) is 18.7. The van der Waals surface area contributed by atoms with Crippen LogP contribution in [0.5, 0.6) is 5.75 Å². The first-order chi connectivity index (χ1) is 15.3. The van der Waals surface area contributed by atoms with Gasteiger partial charge in [-0.15, -0.1) is 5.10 Å². The van der Waals surface area contributed by atoms with Crippen molar-refractivity contribution < 1.29 is 24.2 Å². The van der Waals surface area contributed by atoms with Crippen LogP contribution in [0.15, 0.2) is 24.9 Å². The van der Waals surface area contributed by atoms with E-state index in [1.165, 1.54) is 11.1 Å². The molecule has 1 amide bonds. The number of ether oxygens (including phenoxy) is 2. The molecule has 2 aromatic rings. The first kappa shape index (κ1) is 23.2. The summed E-state index contributed by atoms with van der Waals surface area (Å²) >= 11 is 0. The number of aryl methyl sites for hydroxylation is 2. The van der Waals surface area contributed by atoms with Gasteiger partial charge in [-0.25, -0.2) is 14.5 Å². The van der Waals surface area contributed by atoms with Crippen molar-refractivity contribution in [2.24, 2.45) is 13.0 Å². The summed E-state index contributed by atoms with van der Waals surface area (Å²) in [7, 11) is 3.27. The third-order valence-electron chi connectivity index (χ3n) is 5.62. The molecule has 0 aromatic carbocycles. The number of pyridine rings is 1. The maximum atomic E-state index is 11.9. The first-order valence-electron chi connectivity index (χ1n) is 10.6. The summed E-state index contributed by atoms with van der Waals surface area (Å²) in [5.41, 5.74) is 2.47. The van der Waals surface area contributed by atoms with Crippen molar-refractivity contribution in [1.82, 2.24) is 24.9 Å². The number of hydrogen-bond acceptors (Lipinski definition) is 7. The minimum Gasteiger partial charge on any atom is -0.488 e. The fraction of sp³-hybridized carbons (Fsp3) is 0.500. The van der Waals surface area contributed by atoms with E-state index < -0.39 is 12.1 Å². The summed E-state index contributed by atoms with van der Waals surface area (Å²) in [6.45, 7) is 5.49. The predicted octanol–water partition coefficient (Wildman–Crippen LogP) is 3.17. The number of carboxylic acids is 1. The smallest absolute Gasteiger partial charge is 0.413 e. The molecule has 3 rings (SSSR count). The van der Waals surface area contributed by atoms with Gasteiger partial charge in [-0.05, 0) is 44.2 Å². The number of aliphatic carboxylic acids is 1. The predicted molar refractivity (Wildman–Crippen MR) is 116 cm³/mol. The Morgan fingerprint density at radius 2 is 2.16 bits per heavy atom. The molecule has 0 radical (unpaired) electrons. The van der Waals surface area contributed by atoms with E-state index in [1.807, 2.05) is 13.0 Å². The zero-order chi connectivity index (χ0) is 23.3. The molecule has 2 atom stereocenters. The van der Waals surface area contributed by atoms with E-state index in [1.54, 1.807) is 24.8 Å². The standard InChI is InChI=1S/C22H29N5O5/c1-5-16-19(32-15-9-7-8-14(12-15)21(28)29)11-10-17(23-16)20-18(27(4)25-24-20)13-31-22(30)26(3)6-2/h6,10-11,14-15H,2,5,7-9,12-13H2,1,3-4H3,(H,28,29)/t14-,15-/m0/s1. The van der Waals surface area contributed by atoms with E-state index in [0.717, 1.165) is 18.5 Å². The third kappa shape index (κ3) is 5.24. The number of hydrogen-bond donors (Lipinski definition) is 1. The van der Waals surface area contributed by atoms with Gasteiger partial charge in [-0.2, -0.15) is 0 Å². The lowest BCUT2D eigenvalue weighted by molar-refractivity contribution is -0.143. The van der Waals surface area contributed by atoms with Crippen LogP contribution in [-0.2, 0) is 29.6 Å². The molecule has 0 saturated heterocycles. The molecule has 1 aliphatic carbocycles. The molecule has 1 N–H and O–H groups in total. The number of carboxylic acid groups (broad SMARTS) is 1. The number of amides is 1. The fourth-order valence-electron chi connectivity index (χ4n) is 3.68. The molecule has 0 bridgehead atoms. The Hall–Kier alpha value is -3.43. The molecule has 0 aliphatic heterocycles. The van der Waals surface area contributed by atoms with E-state index in [-0.39, 0.29) is 18.6 Å². The third-order valence-corrected chi connectivity index (χ3v) is 5.62. The van der Waals surface area contributed by atoms with Gasteiger partial charge in [-0.1, -0.05) is 18.7 Å². The van der Waals surface area contributed by atoms with Crippen LogP contribution < -0.4 is 4.74 Å². The van der Waals surface area contributed by atoms with Gasteiger partial charge >= 0.3 is 12.1 Å². The highest BCUT2D eigenvalue weighted by Crippen LogP contribution is 2.31. The first-order valence-corrected chi connectivity index (χ1v) is 10.6. The van der Waals surface area contributed by atoms with Gasteiger partial charge in [0, 0.05) is 20.3 Å². The highest BCUT2D eigenvalue weighted by Gasteiger charge is 2.29.